The molecule has 0 atom stereocenters. The van der Waals surface area contributed by atoms with Crippen molar-refractivity contribution in [3.8, 4) is 5.75 Å². The molecule has 1 heterocycles. The minimum absolute atomic E-state index is 0.413. The number of ether oxygens (including phenoxy) is 1. The molecule has 0 unspecified atom stereocenters. The van der Waals surface area contributed by atoms with Gasteiger partial charge in [-0.25, -0.2) is 4.79 Å². The first-order valence-corrected chi connectivity index (χ1v) is 6.39. The van der Waals surface area contributed by atoms with E-state index in [4.69, 9.17) is 14.9 Å². The summed E-state index contributed by atoms with van der Waals surface area (Å²) in [5.41, 5.74) is 6.30. The van der Waals surface area contributed by atoms with Gasteiger partial charge in [-0.15, -0.1) is 0 Å². The molecule has 1 aromatic heterocycles. The molecule has 2 aromatic carbocycles. The zero-order valence-electron chi connectivity index (χ0n) is 10.1. The number of rotatable bonds is 1. The molecule has 0 aliphatic carbocycles. The van der Waals surface area contributed by atoms with Crippen molar-refractivity contribution >= 4 is 43.4 Å². The van der Waals surface area contributed by atoms with E-state index in [0.717, 1.165) is 10.8 Å². The Labute approximate surface area is 116 Å². The van der Waals surface area contributed by atoms with E-state index < -0.39 is 5.63 Å². The van der Waals surface area contributed by atoms with Crippen molar-refractivity contribution in [2.24, 2.45) is 0 Å². The fourth-order valence-corrected chi connectivity index (χ4v) is 2.57. The molecule has 0 saturated carbocycles. The summed E-state index contributed by atoms with van der Waals surface area (Å²) in [4.78, 5) is 12.0. The number of fused-ring (bicyclic) bond motifs is 3. The van der Waals surface area contributed by atoms with E-state index in [2.05, 4.69) is 15.9 Å². The molecule has 96 valence electrons. The second-order valence-corrected chi connectivity index (χ2v) is 5.00. The lowest BCUT2D eigenvalue weighted by molar-refractivity contribution is 0.419. The minimum atomic E-state index is -0.413. The van der Waals surface area contributed by atoms with Crippen molar-refractivity contribution in [3.63, 3.8) is 0 Å². The molecular formula is C14H10BrNO3. The van der Waals surface area contributed by atoms with Crippen molar-refractivity contribution < 1.29 is 9.15 Å². The second-order valence-electron chi connectivity index (χ2n) is 4.15. The maximum atomic E-state index is 12.0. The monoisotopic (exact) mass is 319 g/mol. The fourth-order valence-electron chi connectivity index (χ4n) is 2.16. The molecule has 2 N–H and O–H groups in total. The molecule has 0 spiro atoms. The third kappa shape index (κ3) is 1.77. The highest BCUT2D eigenvalue weighted by Gasteiger charge is 2.14. The van der Waals surface area contributed by atoms with Crippen molar-refractivity contribution in [2.75, 3.05) is 12.8 Å². The largest absolute Gasteiger partial charge is 0.496 e. The Bertz CT molecular complexity index is 855. The maximum absolute atomic E-state index is 12.0. The van der Waals surface area contributed by atoms with Crippen LogP contribution in [-0.4, -0.2) is 7.11 Å². The molecule has 0 saturated heterocycles. The van der Waals surface area contributed by atoms with Crippen molar-refractivity contribution in [3.05, 3.63) is 45.2 Å². The Morgan fingerprint density at radius 1 is 1.21 bits per heavy atom. The number of benzene rings is 2. The Morgan fingerprint density at radius 3 is 2.74 bits per heavy atom. The first kappa shape index (κ1) is 12.0. The molecule has 3 rings (SSSR count). The topological polar surface area (TPSA) is 65.5 Å². The first-order chi connectivity index (χ1) is 9.11. The third-order valence-corrected chi connectivity index (χ3v) is 3.64. The van der Waals surface area contributed by atoms with E-state index in [0.29, 0.717) is 26.9 Å². The summed E-state index contributed by atoms with van der Waals surface area (Å²) < 4.78 is 11.4. The third-order valence-electron chi connectivity index (χ3n) is 3.02. The van der Waals surface area contributed by atoms with Gasteiger partial charge in [-0.1, -0.05) is 6.07 Å². The van der Waals surface area contributed by atoms with E-state index in [-0.39, 0.29) is 0 Å². The predicted octanol–water partition coefficient (Wildman–Crippen LogP) is 3.30. The fraction of sp³-hybridized carbons (Fsp3) is 0.0714. The van der Waals surface area contributed by atoms with Gasteiger partial charge >= 0.3 is 5.63 Å². The van der Waals surface area contributed by atoms with Crippen LogP contribution in [-0.2, 0) is 0 Å². The molecule has 0 radical (unpaired) electrons. The molecular weight excluding hydrogens is 310 g/mol. The number of nitrogen functional groups attached to an aromatic ring is 1. The van der Waals surface area contributed by atoms with Crippen LogP contribution in [0.4, 0.5) is 5.69 Å². The Morgan fingerprint density at radius 2 is 2.00 bits per heavy atom. The zero-order valence-corrected chi connectivity index (χ0v) is 11.7. The van der Waals surface area contributed by atoms with Crippen LogP contribution in [0, 0.1) is 0 Å². The molecule has 0 aliphatic rings. The number of hydrogen-bond acceptors (Lipinski definition) is 4. The molecule has 0 amide bonds. The minimum Gasteiger partial charge on any atom is -0.496 e. The highest BCUT2D eigenvalue weighted by Crippen LogP contribution is 2.35. The van der Waals surface area contributed by atoms with E-state index >= 15 is 0 Å². The van der Waals surface area contributed by atoms with Gasteiger partial charge in [0.15, 0.2) is 5.58 Å². The van der Waals surface area contributed by atoms with Gasteiger partial charge in [0, 0.05) is 11.1 Å². The number of anilines is 1. The summed E-state index contributed by atoms with van der Waals surface area (Å²) in [6.07, 6.45) is 0. The molecule has 3 aromatic rings. The van der Waals surface area contributed by atoms with Gasteiger partial charge in [-0.3, -0.25) is 0 Å². The van der Waals surface area contributed by atoms with Crippen LogP contribution in [0.15, 0.2) is 44.0 Å². The van der Waals surface area contributed by atoms with Gasteiger partial charge in [-0.2, -0.15) is 0 Å². The molecule has 0 bridgehead atoms. The Balaban J connectivity index is 2.65. The maximum Gasteiger partial charge on any atom is 0.344 e. The lowest BCUT2D eigenvalue weighted by atomic mass is 10.1. The van der Waals surface area contributed by atoms with Gasteiger partial charge in [0.25, 0.3) is 0 Å². The van der Waals surface area contributed by atoms with Crippen LogP contribution in [0.3, 0.4) is 0 Å². The number of hydrogen-bond donors (Lipinski definition) is 1. The molecule has 19 heavy (non-hydrogen) atoms. The average molecular weight is 320 g/mol. The molecule has 4 nitrogen and oxygen atoms in total. The lowest BCUT2D eigenvalue weighted by Gasteiger charge is -2.09. The smallest absolute Gasteiger partial charge is 0.344 e. The Hall–Kier alpha value is -2.01. The standard InChI is InChI=1S/C14H10BrNO3/c1-18-11-5-4-10(15)13-12(11)8-3-2-7(16)6-9(8)14(17)19-13/h2-6H,16H2,1H3. The predicted molar refractivity (Wildman–Crippen MR) is 78.7 cm³/mol. The van der Waals surface area contributed by atoms with Crippen LogP contribution in [0.2, 0.25) is 0 Å². The van der Waals surface area contributed by atoms with Crippen LogP contribution in [0.1, 0.15) is 0 Å². The zero-order chi connectivity index (χ0) is 13.6. The second kappa shape index (κ2) is 4.28. The van der Waals surface area contributed by atoms with Gasteiger partial charge < -0.3 is 14.9 Å². The summed E-state index contributed by atoms with van der Waals surface area (Å²) in [6.45, 7) is 0. The molecule has 0 fully saturated rings. The summed E-state index contributed by atoms with van der Waals surface area (Å²) in [6, 6.07) is 8.77. The van der Waals surface area contributed by atoms with Crippen LogP contribution < -0.4 is 16.1 Å². The summed E-state index contributed by atoms with van der Waals surface area (Å²) >= 11 is 3.38. The highest BCUT2D eigenvalue weighted by molar-refractivity contribution is 9.10. The van der Waals surface area contributed by atoms with Gasteiger partial charge in [0.05, 0.1) is 22.4 Å². The normalized spacial score (nSPS) is 11.1. The van der Waals surface area contributed by atoms with Crippen molar-refractivity contribution in [1.29, 1.82) is 0 Å². The van der Waals surface area contributed by atoms with E-state index in [9.17, 15) is 4.79 Å². The highest BCUT2D eigenvalue weighted by atomic mass is 79.9. The quantitative estimate of drug-likeness (QED) is 0.424. The van der Waals surface area contributed by atoms with Gasteiger partial charge in [0.1, 0.15) is 5.75 Å². The number of halogens is 1. The Kier molecular flexibility index (Phi) is 2.71. The first-order valence-electron chi connectivity index (χ1n) is 5.60. The number of nitrogens with two attached hydrogens (primary N) is 1. The van der Waals surface area contributed by atoms with Crippen molar-refractivity contribution in [2.45, 2.75) is 0 Å². The van der Waals surface area contributed by atoms with E-state index in [1.54, 1.807) is 31.4 Å². The number of methoxy groups -OCH3 is 1. The van der Waals surface area contributed by atoms with Crippen molar-refractivity contribution in [1.82, 2.24) is 0 Å². The van der Waals surface area contributed by atoms with Gasteiger partial charge in [0.2, 0.25) is 0 Å². The van der Waals surface area contributed by atoms with Gasteiger partial charge in [-0.05, 0) is 40.2 Å². The van der Waals surface area contributed by atoms with E-state index in [1.807, 2.05) is 6.07 Å². The van der Waals surface area contributed by atoms with Crippen LogP contribution in [0.5, 0.6) is 5.75 Å². The summed E-state index contributed by atoms with van der Waals surface area (Å²) in [5.74, 6) is 0.650. The summed E-state index contributed by atoms with van der Waals surface area (Å²) in [5, 5.41) is 1.97. The van der Waals surface area contributed by atoms with Crippen LogP contribution in [0.25, 0.3) is 21.7 Å². The summed E-state index contributed by atoms with van der Waals surface area (Å²) in [7, 11) is 1.58. The molecule has 0 aliphatic heterocycles. The lowest BCUT2D eigenvalue weighted by Crippen LogP contribution is -2.02. The average Bonchev–Trinajstić information content (AvgIpc) is 2.40. The van der Waals surface area contributed by atoms with E-state index in [1.165, 1.54) is 0 Å². The van der Waals surface area contributed by atoms with Crippen LogP contribution >= 0.6 is 15.9 Å². The molecule has 5 heteroatoms. The SMILES string of the molecule is COc1ccc(Br)c2oc(=O)c3cc(N)ccc3c12.